The van der Waals surface area contributed by atoms with Crippen molar-refractivity contribution in [2.45, 2.75) is 24.9 Å². The minimum atomic E-state index is -0.768. The maximum Gasteiger partial charge on any atom is 0.328 e. The van der Waals surface area contributed by atoms with Crippen molar-refractivity contribution in [2.75, 3.05) is 25.7 Å². The Morgan fingerprint density at radius 3 is 3.00 bits per heavy atom. The fourth-order valence-corrected chi connectivity index (χ4v) is 4.20. The van der Waals surface area contributed by atoms with Crippen molar-refractivity contribution in [3.8, 4) is 0 Å². The zero-order valence-corrected chi connectivity index (χ0v) is 18.5. The number of rotatable bonds is 6. The van der Waals surface area contributed by atoms with Crippen LogP contribution < -0.4 is 5.32 Å². The van der Waals surface area contributed by atoms with Crippen LogP contribution in [0.4, 0.5) is 9.18 Å². The van der Waals surface area contributed by atoms with Gasteiger partial charge in [0.2, 0.25) is 0 Å². The number of methoxy groups -OCH3 is 1. The SMILES string of the molecule is COC(=O)[C@H](CCSC)NC(=O)N1CCc2[nH]cnc2[C@@H]1c1ccc(Br)cc1F. The van der Waals surface area contributed by atoms with Crippen molar-refractivity contribution < 1.29 is 18.7 Å². The summed E-state index contributed by atoms with van der Waals surface area (Å²) in [5.41, 5.74) is 1.81. The first-order valence-corrected chi connectivity index (χ1v) is 11.3. The number of esters is 1. The summed E-state index contributed by atoms with van der Waals surface area (Å²) in [6, 6.07) is 2.81. The number of fused-ring (bicyclic) bond motifs is 1. The lowest BCUT2D eigenvalue weighted by Crippen LogP contribution is -2.51. The number of aromatic nitrogens is 2. The molecule has 7 nitrogen and oxygen atoms in total. The molecular weight excluding hydrogens is 463 g/mol. The number of urea groups is 1. The number of ether oxygens (including phenoxy) is 1. The van der Waals surface area contributed by atoms with E-state index in [1.807, 2.05) is 6.26 Å². The minimum absolute atomic E-state index is 0.343. The zero-order valence-electron chi connectivity index (χ0n) is 16.1. The molecule has 0 unspecified atom stereocenters. The molecule has 3 rings (SSSR count). The fraction of sp³-hybridized carbons (Fsp3) is 0.421. The number of nitrogens with one attached hydrogen (secondary N) is 2. The molecule has 2 heterocycles. The summed E-state index contributed by atoms with van der Waals surface area (Å²) in [6.45, 7) is 0.359. The lowest BCUT2D eigenvalue weighted by atomic mass is 9.95. The van der Waals surface area contributed by atoms with E-state index in [9.17, 15) is 14.0 Å². The van der Waals surface area contributed by atoms with Crippen LogP contribution >= 0.6 is 27.7 Å². The van der Waals surface area contributed by atoms with E-state index in [2.05, 4.69) is 31.2 Å². The number of H-pyrrole nitrogens is 1. The molecule has 1 aromatic heterocycles. The van der Waals surface area contributed by atoms with Crippen LogP contribution in [0.3, 0.4) is 0 Å². The third-order valence-electron chi connectivity index (χ3n) is 4.84. The van der Waals surface area contributed by atoms with E-state index in [1.165, 1.54) is 18.1 Å². The number of aromatic amines is 1. The number of halogens is 2. The molecule has 2 atom stereocenters. The second-order valence-corrected chi connectivity index (χ2v) is 8.49. The van der Waals surface area contributed by atoms with Crippen LogP contribution in [0.15, 0.2) is 29.0 Å². The van der Waals surface area contributed by atoms with Gasteiger partial charge in [0.1, 0.15) is 17.9 Å². The number of benzene rings is 1. The molecule has 0 aliphatic carbocycles. The monoisotopic (exact) mass is 484 g/mol. The lowest BCUT2D eigenvalue weighted by Gasteiger charge is -2.36. The Morgan fingerprint density at radius 2 is 2.31 bits per heavy atom. The molecule has 0 spiro atoms. The lowest BCUT2D eigenvalue weighted by molar-refractivity contribution is -0.142. The molecule has 29 heavy (non-hydrogen) atoms. The maximum atomic E-state index is 14.8. The molecule has 1 aliphatic heterocycles. The Hall–Kier alpha value is -2.07. The molecule has 10 heteroatoms. The molecule has 1 aliphatic rings. The second-order valence-electron chi connectivity index (χ2n) is 6.58. The minimum Gasteiger partial charge on any atom is -0.467 e. The van der Waals surface area contributed by atoms with Gasteiger partial charge in [-0.25, -0.2) is 19.0 Å². The first kappa shape index (κ1) is 21.6. The number of amides is 2. The van der Waals surface area contributed by atoms with E-state index in [0.29, 0.717) is 40.9 Å². The second kappa shape index (κ2) is 9.62. The topological polar surface area (TPSA) is 87.3 Å². The summed E-state index contributed by atoms with van der Waals surface area (Å²) in [5.74, 6) is -0.255. The molecule has 156 valence electrons. The van der Waals surface area contributed by atoms with E-state index in [4.69, 9.17) is 4.74 Å². The summed E-state index contributed by atoms with van der Waals surface area (Å²) in [7, 11) is 1.29. The molecular formula is C19H22BrFN4O3S. The maximum absolute atomic E-state index is 14.8. The van der Waals surface area contributed by atoms with Gasteiger partial charge in [0.05, 0.1) is 19.1 Å². The summed E-state index contributed by atoms with van der Waals surface area (Å²) in [6.07, 6.45) is 4.47. The molecule has 0 saturated heterocycles. The zero-order chi connectivity index (χ0) is 21.0. The molecule has 2 aromatic rings. The van der Waals surface area contributed by atoms with Gasteiger partial charge in [-0.15, -0.1) is 0 Å². The van der Waals surface area contributed by atoms with E-state index in [0.717, 1.165) is 5.69 Å². The van der Waals surface area contributed by atoms with Gasteiger partial charge in [-0.3, -0.25) is 0 Å². The highest BCUT2D eigenvalue weighted by atomic mass is 79.9. The summed E-state index contributed by atoms with van der Waals surface area (Å²) >= 11 is 4.83. The van der Waals surface area contributed by atoms with Crippen molar-refractivity contribution in [3.05, 3.63) is 51.8 Å². The number of thioether (sulfide) groups is 1. The van der Waals surface area contributed by atoms with Crippen LogP contribution in [0.2, 0.25) is 0 Å². The molecule has 2 amide bonds. The molecule has 0 radical (unpaired) electrons. The molecule has 0 saturated carbocycles. The van der Waals surface area contributed by atoms with Crippen LogP contribution in [0, 0.1) is 5.82 Å². The van der Waals surface area contributed by atoms with Crippen molar-refractivity contribution in [2.24, 2.45) is 0 Å². The normalized spacial score (nSPS) is 16.8. The van der Waals surface area contributed by atoms with Crippen molar-refractivity contribution >= 4 is 39.7 Å². The smallest absolute Gasteiger partial charge is 0.328 e. The Morgan fingerprint density at radius 1 is 1.52 bits per heavy atom. The largest absolute Gasteiger partial charge is 0.467 e. The predicted octanol–water partition coefficient (Wildman–Crippen LogP) is 3.26. The number of carbonyl (C=O) groups is 2. The predicted molar refractivity (Wildman–Crippen MR) is 112 cm³/mol. The number of nitrogens with zero attached hydrogens (tertiary/aromatic N) is 2. The van der Waals surface area contributed by atoms with Crippen LogP contribution in [-0.2, 0) is 16.0 Å². The Kier molecular flexibility index (Phi) is 7.18. The quantitative estimate of drug-likeness (QED) is 0.614. The van der Waals surface area contributed by atoms with Gasteiger partial charge in [-0.05, 0) is 30.6 Å². The Bertz CT molecular complexity index is 894. The molecule has 1 aromatic carbocycles. The van der Waals surface area contributed by atoms with Crippen molar-refractivity contribution in [1.29, 1.82) is 0 Å². The van der Waals surface area contributed by atoms with Crippen LogP contribution in [0.1, 0.15) is 29.4 Å². The molecule has 2 N–H and O–H groups in total. The molecule has 0 bridgehead atoms. The number of hydrogen-bond acceptors (Lipinski definition) is 5. The van der Waals surface area contributed by atoms with E-state index in [1.54, 1.807) is 30.2 Å². The highest BCUT2D eigenvalue weighted by molar-refractivity contribution is 9.10. The summed E-state index contributed by atoms with van der Waals surface area (Å²) in [4.78, 5) is 34.1. The number of carbonyl (C=O) groups excluding carboxylic acids is 2. The average molecular weight is 485 g/mol. The van der Waals surface area contributed by atoms with E-state index in [-0.39, 0.29) is 0 Å². The third-order valence-corrected chi connectivity index (χ3v) is 5.97. The van der Waals surface area contributed by atoms with Crippen LogP contribution in [-0.4, -0.2) is 58.6 Å². The van der Waals surface area contributed by atoms with Crippen LogP contribution in [0.25, 0.3) is 0 Å². The highest BCUT2D eigenvalue weighted by Crippen LogP contribution is 2.35. The number of hydrogen-bond donors (Lipinski definition) is 2. The van der Waals surface area contributed by atoms with Gasteiger partial charge < -0.3 is 19.9 Å². The van der Waals surface area contributed by atoms with E-state index < -0.39 is 29.9 Å². The van der Waals surface area contributed by atoms with Crippen molar-refractivity contribution in [1.82, 2.24) is 20.2 Å². The van der Waals surface area contributed by atoms with Gasteiger partial charge >= 0.3 is 12.0 Å². The van der Waals surface area contributed by atoms with Gasteiger partial charge in [-0.2, -0.15) is 11.8 Å². The van der Waals surface area contributed by atoms with Gasteiger partial charge in [0, 0.05) is 28.7 Å². The van der Waals surface area contributed by atoms with Crippen molar-refractivity contribution in [3.63, 3.8) is 0 Å². The molecule has 0 fully saturated rings. The van der Waals surface area contributed by atoms with Gasteiger partial charge in [0.25, 0.3) is 0 Å². The third kappa shape index (κ3) is 4.75. The van der Waals surface area contributed by atoms with Gasteiger partial charge in [0.15, 0.2) is 0 Å². The first-order valence-electron chi connectivity index (χ1n) is 9.07. The van der Waals surface area contributed by atoms with Crippen LogP contribution in [0.5, 0.6) is 0 Å². The Labute approximate surface area is 180 Å². The van der Waals surface area contributed by atoms with Gasteiger partial charge in [-0.1, -0.05) is 22.0 Å². The fourth-order valence-electron chi connectivity index (χ4n) is 3.39. The highest BCUT2D eigenvalue weighted by Gasteiger charge is 2.37. The first-order chi connectivity index (χ1) is 14.0. The summed E-state index contributed by atoms with van der Waals surface area (Å²) in [5, 5.41) is 2.76. The average Bonchev–Trinajstić information content (AvgIpc) is 3.19. The van der Waals surface area contributed by atoms with E-state index >= 15 is 0 Å². The number of imidazole rings is 1. The summed E-state index contributed by atoms with van der Waals surface area (Å²) < 4.78 is 20.2. The standard InChI is InChI=1S/C19H22BrFN4O3S/c1-28-18(26)15(6-8-29-2)24-19(27)25-7-5-14-16(23-10-22-14)17(25)12-4-3-11(20)9-13(12)21/h3-4,9-10,15,17H,5-8H2,1-2H3,(H,22,23)(H,24,27)/t15-,17-/m0/s1. The Balaban J connectivity index is 1.91.